The van der Waals surface area contributed by atoms with Gasteiger partial charge in [0.05, 0.1) is 13.2 Å². The lowest BCUT2D eigenvalue weighted by molar-refractivity contribution is -0.139. The average Bonchev–Trinajstić information content (AvgIpc) is 2.64. The van der Waals surface area contributed by atoms with E-state index in [1.807, 2.05) is 0 Å². The van der Waals surface area contributed by atoms with Gasteiger partial charge < -0.3 is 9.94 Å². The van der Waals surface area contributed by atoms with Crippen LogP contribution in [0.25, 0.3) is 0 Å². The molecule has 8 nitrogen and oxygen atoms in total. The zero-order valence-electron chi connectivity index (χ0n) is 8.33. The molecule has 1 unspecified atom stereocenters. The zero-order valence-corrected chi connectivity index (χ0v) is 8.33. The smallest absolute Gasteiger partial charge is 0.314 e. The van der Waals surface area contributed by atoms with Crippen molar-refractivity contribution >= 4 is 5.97 Å². The predicted octanol–water partition coefficient (Wildman–Crippen LogP) is -0.858. The molecule has 0 fully saturated rings. The fraction of sp³-hybridized carbons (Fsp3) is 0.714. The number of aliphatic carboxylic acids is 1. The maximum absolute atomic E-state index is 10.8. The van der Waals surface area contributed by atoms with Gasteiger partial charge in [0, 0.05) is 0 Å². The first-order valence-electron chi connectivity index (χ1n) is 4.51. The van der Waals surface area contributed by atoms with E-state index in [0.29, 0.717) is 13.0 Å². The normalized spacial score (nSPS) is 12.7. The van der Waals surface area contributed by atoms with Crippen LogP contribution in [0.4, 0.5) is 0 Å². The van der Waals surface area contributed by atoms with Crippen molar-refractivity contribution in [3.05, 3.63) is 5.82 Å². The fourth-order valence-corrected chi connectivity index (χ4v) is 1.09. The maximum atomic E-state index is 10.8. The molecule has 0 saturated heterocycles. The molecule has 1 aromatic heterocycles. The monoisotopic (exact) mass is 215 g/mol. The third kappa shape index (κ3) is 2.96. The second kappa shape index (κ2) is 5.37. The van der Waals surface area contributed by atoms with E-state index in [9.17, 15) is 4.79 Å². The van der Waals surface area contributed by atoms with Crippen molar-refractivity contribution in [3.63, 3.8) is 0 Å². The number of tetrazole rings is 1. The molecular formula is C7H13N5O3. The first-order chi connectivity index (χ1) is 7.19. The lowest BCUT2D eigenvalue weighted by Gasteiger charge is -2.02. The molecule has 8 heteroatoms. The predicted molar refractivity (Wildman–Crippen MR) is 48.6 cm³/mol. The van der Waals surface area contributed by atoms with Gasteiger partial charge in [-0.05, 0) is 11.6 Å². The van der Waals surface area contributed by atoms with Crippen LogP contribution in [-0.2, 0) is 16.2 Å². The Bertz CT molecular complexity index is 326. The first-order valence-corrected chi connectivity index (χ1v) is 4.51. The van der Waals surface area contributed by atoms with Crippen molar-refractivity contribution in [2.24, 2.45) is 5.90 Å². The minimum absolute atomic E-state index is 0.210. The molecule has 0 aromatic carbocycles. The summed E-state index contributed by atoms with van der Waals surface area (Å²) in [6.45, 7) is 2.35. The van der Waals surface area contributed by atoms with Gasteiger partial charge in [0.25, 0.3) is 0 Å². The Kier molecular flexibility index (Phi) is 4.13. The molecule has 0 saturated carbocycles. The van der Waals surface area contributed by atoms with Crippen molar-refractivity contribution in [1.82, 2.24) is 20.2 Å². The summed E-state index contributed by atoms with van der Waals surface area (Å²) in [6.07, 6.45) is 0.425. The second-order valence-electron chi connectivity index (χ2n) is 2.91. The van der Waals surface area contributed by atoms with Gasteiger partial charge in [-0.3, -0.25) is 4.79 Å². The molecule has 0 bridgehead atoms. The minimum Gasteiger partial charge on any atom is -0.481 e. The van der Waals surface area contributed by atoms with E-state index < -0.39 is 11.9 Å². The Labute approximate surface area is 86.0 Å². The molecule has 0 spiro atoms. The molecule has 0 amide bonds. The molecule has 1 atom stereocenters. The SMILES string of the molecule is CCC(C(=O)O)c1nnn(CCON)n1. The highest BCUT2D eigenvalue weighted by atomic mass is 16.6. The highest BCUT2D eigenvalue weighted by molar-refractivity contribution is 5.74. The van der Waals surface area contributed by atoms with Crippen LogP contribution in [0, 0.1) is 0 Å². The Morgan fingerprint density at radius 2 is 2.47 bits per heavy atom. The van der Waals surface area contributed by atoms with Crippen molar-refractivity contribution in [1.29, 1.82) is 0 Å². The van der Waals surface area contributed by atoms with Gasteiger partial charge in [-0.25, -0.2) is 5.90 Å². The Hall–Kier alpha value is -1.54. The standard InChI is InChI=1S/C7H13N5O3/c1-2-5(7(13)14)6-9-11-12(10-6)3-4-15-8/h5H,2-4,8H2,1H3,(H,13,14). The van der Waals surface area contributed by atoms with Gasteiger partial charge >= 0.3 is 5.97 Å². The summed E-state index contributed by atoms with van der Waals surface area (Å²) in [5, 5.41) is 20.1. The van der Waals surface area contributed by atoms with Crippen molar-refractivity contribution in [2.45, 2.75) is 25.8 Å². The van der Waals surface area contributed by atoms with Crippen LogP contribution in [0.3, 0.4) is 0 Å². The summed E-state index contributed by atoms with van der Waals surface area (Å²) in [6, 6.07) is 0. The van der Waals surface area contributed by atoms with Crippen molar-refractivity contribution < 1.29 is 14.7 Å². The molecule has 1 rings (SSSR count). The van der Waals surface area contributed by atoms with E-state index in [4.69, 9.17) is 11.0 Å². The molecule has 0 aliphatic rings. The number of nitrogens with two attached hydrogens (primary N) is 1. The van der Waals surface area contributed by atoms with Crippen molar-refractivity contribution in [3.8, 4) is 0 Å². The largest absolute Gasteiger partial charge is 0.481 e. The molecular weight excluding hydrogens is 202 g/mol. The molecule has 3 N–H and O–H groups in total. The summed E-state index contributed by atoms with van der Waals surface area (Å²) >= 11 is 0. The third-order valence-electron chi connectivity index (χ3n) is 1.90. The maximum Gasteiger partial charge on any atom is 0.314 e. The number of carboxylic acid groups (broad SMARTS) is 1. The molecule has 1 heterocycles. The summed E-state index contributed by atoms with van der Waals surface area (Å²) in [4.78, 5) is 16.4. The van der Waals surface area contributed by atoms with Crippen LogP contribution in [0.5, 0.6) is 0 Å². The topological polar surface area (TPSA) is 116 Å². The summed E-state index contributed by atoms with van der Waals surface area (Å²) in [7, 11) is 0. The van der Waals surface area contributed by atoms with Crippen LogP contribution in [0.2, 0.25) is 0 Å². The fourth-order valence-electron chi connectivity index (χ4n) is 1.09. The van der Waals surface area contributed by atoms with Crippen LogP contribution < -0.4 is 5.90 Å². The van der Waals surface area contributed by atoms with Crippen LogP contribution in [0.1, 0.15) is 25.1 Å². The van der Waals surface area contributed by atoms with E-state index in [1.165, 1.54) is 4.80 Å². The number of hydrogen-bond donors (Lipinski definition) is 2. The number of rotatable bonds is 6. The average molecular weight is 215 g/mol. The van der Waals surface area contributed by atoms with E-state index >= 15 is 0 Å². The van der Waals surface area contributed by atoms with E-state index in [1.54, 1.807) is 6.92 Å². The number of aromatic nitrogens is 4. The number of carbonyl (C=O) groups is 1. The van der Waals surface area contributed by atoms with Gasteiger partial charge in [-0.1, -0.05) is 6.92 Å². The lowest BCUT2D eigenvalue weighted by Crippen LogP contribution is -2.14. The molecule has 84 valence electrons. The van der Waals surface area contributed by atoms with Gasteiger partial charge in [0.1, 0.15) is 5.92 Å². The second-order valence-corrected chi connectivity index (χ2v) is 2.91. The Morgan fingerprint density at radius 3 is 3.00 bits per heavy atom. The van der Waals surface area contributed by atoms with Gasteiger partial charge in [0.15, 0.2) is 5.82 Å². The van der Waals surface area contributed by atoms with Gasteiger partial charge in [-0.15, -0.1) is 10.2 Å². The number of nitrogens with zero attached hydrogens (tertiary/aromatic N) is 4. The highest BCUT2D eigenvalue weighted by Gasteiger charge is 2.22. The molecule has 0 aliphatic heterocycles. The first kappa shape index (κ1) is 11.5. The van der Waals surface area contributed by atoms with Gasteiger partial charge in [-0.2, -0.15) is 4.80 Å². The van der Waals surface area contributed by atoms with E-state index in [-0.39, 0.29) is 12.4 Å². The van der Waals surface area contributed by atoms with Gasteiger partial charge in [0.2, 0.25) is 0 Å². The minimum atomic E-state index is -0.952. The molecule has 0 radical (unpaired) electrons. The summed E-state index contributed by atoms with van der Waals surface area (Å²) in [5.41, 5.74) is 0. The van der Waals surface area contributed by atoms with Crippen molar-refractivity contribution in [2.75, 3.05) is 6.61 Å². The highest BCUT2D eigenvalue weighted by Crippen LogP contribution is 2.13. The number of carboxylic acids is 1. The molecule has 1 aromatic rings. The Balaban J connectivity index is 2.69. The van der Waals surface area contributed by atoms with Crippen LogP contribution in [0.15, 0.2) is 0 Å². The van der Waals surface area contributed by atoms with Crippen LogP contribution in [-0.4, -0.2) is 37.9 Å². The van der Waals surface area contributed by atoms with E-state index in [2.05, 4.69) is 20.2 Å². The van der Waals surface area contributed by atoms with Crippen LogP contribution >= 0.6 is 0 Å². The number of hydrogen-bond acceptors (Lipinski definition) is 6. The quantitative estimate of drug-likeness (QED) is 0.593. The molecule has 15 heavy (non-hydrogen) atoms. The summed E-state index contributed by atoms with van der Waals surface area (Å²) in [5.74, 6) is 3.38. The van der Waals surface area contributed by atoms with E-state index in [0.717, 1.165) is 0 Å². The lowest BCUT2D eigenvalue weighted by atomic mass is 10.1. The Morgan fingerprint density at radius 1 is 1.73 bits per heavy atom. The zero-order chi connectivity index (χ0) is 11.3. The molecule has 0 aliphatic carbocycles. The third-order valence-corrected chi connectivity index (χ3v) is 1.90. The summed E-state index contributed by atoms with van der Waals surface area (Å²) < 4.78 is 0.